The van der Waals surface area contributed by atoms with Crippen molar-refractivity contribution in [1.29, 1.82) is 0 Å². The van der Waals surface area contributed by atoms with Crippen LogP contribution in [0.4, 0.5) is 0 Å². The van der Waals surface area contributed by atoms with Gasteiger partial charge in [-0.25, -0.2) is 4.99 Å². The molecular weight excluding hydrogens is 481 g/mol. The molecule has 160 valence electrons. The van der Waals surface area contributed by atoms with E-state index < -0.39 is 0 Å². The number of nitrogens with one attached hydrogen (secondary N) is 2. The molecule has 8 heteroatoms. The number of benzene rings is 1. The van der Waals surface area contributed by atoms with Crippen molar-refractivity contribution in [3.05, 3.63) is 41.7 Å². The minimum atomic E-state index is 0. The zero-order valence-corrected chi connectivity index (χ0v) is 19.8. The number of rotatable bonds is 8. The number of aliphatic imine (C=N–C) groups is 1. The van der Waals surface area contributed by atoms with E-state index in [0.29, 0.717) is 19.2 Å². The molecule has 7 nitrogen and oxygen atoms in total. The Labute approximate surface area is 190 Å². The van der Waals surface area contributed by atoms with Crippen molar-refractivity contribution in [2.45, 2.75) is 51.8 Å². The normalized spacial score (nSPS) is 14.4. The molecule has 3 rings (SSSR count). The summed E-state index contributed by atoms with van der Waals surface area (Å²) in [5.41, 5.74) is 2.19. The number of guanidine groups is 1. The minimum absolute atomic E-state index is 0. The summed E-state index contributed by atoms with van der Waals surface area (Å²) in [6.45, 7) is 4.09. The molecule has 0 saturated heterocycles. The predicted molar refractivity (Wildman–Crippen MR) is 126 cm³/mol. The SMILES string of the molecule is CCNC(=NCc1ccc(OC)c(OC2CCCC2)c1)NCc1ccnn1C.I. The van der Waals surface area contributed by atoms with Crippen molar-refractivity contribution in [2.75, 3.05) is 13.7 Å². The first-order valence-corrected chi connectivity index (χ1v) is 10.0. The van der Waals surface area contributed by atoms with Gasteiger partial charge in [0.15, 0.2) is 17.5 Å². The Hall–Kier alpha value is -1.97. The molecule has 0 bridgehead atoms. The first-order valence-electron chi connectivity index (χ1n) is 10.0. The van der Waals surface area contributed by atoms with E-state index in [1.54, 1.807) is 13.3 Å². The Balaban J connectivity index is 0.00000300. The fraction of sp³-hybridized carbons (Fsp3) is 0.524. The van der Waals surface area contributed by atoms with E-state index >= 15 is 0 Å². The number of nitrogens with zero attached hydrogens (tertiary/aromatic N) is 3. The van der Waals surface area contributed by atoms with Crippen molar-refractivity contribution in [1.82, 2.24) is 20.4 Å². The highest BCUT2D eigenvalue weighted by Gasteiger charge is 2.18. The van der Waals surface area contributed by atoms with Crippen molar-refractivity contribution >= 4 is 29.9 Å². The first kappa shape index (κ1) is 23.3. The Bertz CT molecular complexity index is 787. The maximum atomic E-state index is 6.19. The molecule has 0 amide bonds. The summed E-state index contributed by atoms with van der Waals surface area (Å²) in [7, 11) is 3.62. The third-order valence-electron chi connectivity index (χ3n) is 4.95. The number of aromatic nitrogens is 2. The van der Waals surface area contributed by atoms with Crippen LogP contribution in [0.5, 0.6) is 11.5 Å². The minimum Gasteiger partial charge on any atom is -0.493 e. The van der Waals surface area contributed by atoms with Gasteiger partial charge >= 0.3 is 0 Å². The van der Waals surface area contributed by atoms with Crippen LogP contribution in [0, 0.1) is 0 Å². The number of halogens is 1. The lowest BCUT2D eigenvalue weighted by Crippen LogP contribution is -2.37. The van der Waals surface area contributed by atoms with Gasteiger partial charge in [-0.2, -0.15) is 5.10 Å². The van der Waals surface area contributed by atoms with Crippen LogP contribution in [0.2, 0.25) is 0 Å². The summed E-state index contributed by atoms with van der Waals surface area (Å²) in [6.07, 6.45) is 6.81. The fourth-order valence-electron chi connectivity index (χ4n) is 3.36. The number of hydrogen-bond acceptors (Lipinski definition) is 4. The molecule has 29 heavy (non-hydrogen) atoms. The lowest BCUT2D eigenvalue weighted by atomic mass is 10.2. The van der Waals surface area contributed by atoms with Crippen molar-refractivity contribution in [3.8, 4) is 11.5 Å². The number of aryl methyl sites for hydroxylation is 1. The van der Waals surface area contributed by atoms with E-state index in [4.69, 9.17) is 14.5 Å². The Morgan fingerprint density at radius 2 is 2.00 bits per heavy atom. The van der Waals surface area contributed by atoms with Crippen LogP contribution in [0.3, 0.4) is 0 Å². The highest BCUT2D eigenvalue weighted by atomic mass is 127. The molecule has 0 spiro atoms. The van der Waals surface area contributed by atoms with E-state index in [1.807, 2.05) is 36.0 Å². The third-order valence-corrected chi connectivity index (χ3v) is 4.95. The Morgan fingerprint density at radius 3 is 2.66 bits per heavy atom. The summed E-state index contributed by atoms with van der Waals surface area (Å²) in [6, 6.07) is 8.04. The van der Waals surface area contributed by atoms with Gasteiger partial charge in [-0.15, -0.1) is 24.0 Å². The van der Waals surface area contributed by atoms with E-state index in [9.17, 15) is 0 Å². The molecule has 1 saturated carbocycles. The zero-order valence-electron chi connectivity index (χ0n) is 17.5. The van der Waals surface area contributed by atoms with Gasteiger partial charge in [0.25, 0.3) is 0 Å². The van der Waals surface area contributed by atoms with Crippen LogP contribution in [-0.2, 0) is 20.1 Å². The average Bonchev–Trinajstić information content (AvgIpc) is 3.36. The van der Waals surface area contributed by atoms with Gasteiger partial charge in [0, 0.05) is 19.8 Å². The molecule has 1 heterocycles. The highest BCUT2D eigenvalue weighted by molar-refractivity contribution is 14.0. The van der Waals surface area contributed by atoms with Gasteiger partial charge in [-0.1, -0.05) is 6.07 Å². The maximum absolute atomic E-state index is 6.19. The van der Waals surface area contributed by atoms with Crippen LogP contribution in [-0.4, -0.2) is 35.5 Å². The Kier molecular flexibility index (Phi) is 9.56. The lowest BCUT2D eigenvalue weighted by Gasteiger charge is -2.17. The molecule has 1 aromatic heterocycles. The Morgan fingerprint density at radius 1 is 1.21 bits per heavy atom. The predicted octanol–water partition coefficient (Wildman–Crippen LogP) is 3.62. The van der Waals surface area contributed by atoms with Crippen LogP contribution in [0.25, 0.3) is 0 Å². The standard InChI is InChI=1S/C21H31N5O2.HI/c1-4-22-21(24-15-17-11-12-25-26(17)2)23-14-16-9-10-19(27-3)20(13-16)28-18-7-5-6-8-18;/h9-13,18H,4-8,14-15H2,1-3H3,(H2,22,23,24);1H. The van der Waals surface area contributed by atoms with Gasteiger partial charge in [-0.05, 0) is 56.4 Å². The van der Waals surface area contributed by atoms with E-state index in [-0.39, 0.29) is 24.0 Å². The molecule has 1 aliphatic rings. The van der Waals surface area contributed by atoms with E-state index in [0.717, 1.165) is 48.1 Å². The lowest BCUT2D eigenvalue weighted by molar-refractivity contribution is 0.200. The van der Waals surface area contributed by atoms with Crippen molar-refractivity contribution in [2.24, 2.45) is 12.0 Å². The average molecular weight is 513 g/mol. The maximum Gasteiger partial charge on any atom is 0.191 e. The molecule has 1 fully saturated rings. The summed E-state index contributed by atoms with van der Waals surface area (Å²) in [5, 5.41) is 10.8. The van der Waals surface area contributed by atoms with Gasteiger partial charge in [-0.3, -0.25) is 4.68 Å². The number of methoxy groups -OCH3 is 1. The molecule has 2 N–H and O–H groups in total. The quantitative estimate of drug-likeness (QED) is 0.321. The molecule has 2 aromatic rings. The third kappa shape index (κ3) is 6.80. The largest absolute Gasteiger partial charge is 0.493 e. The van der Waals surface area contributed by atoms with Crippen LogP contribution >= 0.6 is 24.0 Å². The topological polar surface area (TPSA) is 72.7 Å². The van der Waals surface area contributed by atoms with Gasteiger partial charge < -0.3 is 20.1 Å². The van der Waals surface area contributed by atoms with Crippen LogP contribution in [0.15, 0.2) is 35.5 Å². The summed E-state index contributed by atoms with van der Waals surface area (Å²) < 4.78 is 13.5. The van der Waals surface area contributed by atoms with Crippen LogP contribution in [0.1, 0.15) is 43.9 Å². The second-order valence-corrected chi connectivity index (χ2v) is 7.00. The van der Waals surface area contributed by atoms with Gasteiger partial charge in [0.1, 0.15) is 0 Å². The van der Waals surface area contributed by atoms with Crippen molar-refractivity contribution < 1.29 is 9.47 Å². The van der Waals surface area contributed by atoms with Crippen molar-refractivity contribution in [3.63, 3.8) is 0 Å². The van der Waals surface area contributed by atoms with Gasteiger partial charge in [0.2, 0.25) is 0 Å². The second kappa shape index (κ2) is 11.9. The smallest absolute Gasteiger partial charge is 0.191 e. The molecule has 1 aromatic carbocycles. The van der Waals surface area contributed by atoms with E-state index in [1.165, 1.54) is 12.8 Å². The molecular formula is C21H32IN5O2. The molecule has 1 aliphatic carbocycles. The van der Waals surface area contributed by atoms with E-state index in [2.05, 4.69) is 22.7 Å². The number of ether oxygens (including phenoxy) is 2. The second-order valence-electron chi connectivity index (χ2n) is 7.00. The first-order chi connectivity index (χ1) is 13.7. The summed E-state index contributed by atoms with van der Waals surface area (Å²) >= 11 is 0. The summed E-state index contributed by atoms with van der Waals surface area (Å²) in [5.74, 6) is 2.37. The van der Waals surface area contributed by atoms with Gasteiger partial charge in [0.05, 0.1) is 32.0 Å². The molecule has 0 radical (unpaired) electrons. The fourth-order valence-corrected chi connectivity index (χ4v) is 3.36. The highest BCUT2D eigenvalue weighted by Crippen LogP contribution is 2.32. The molecule has 0 unspecified atom stereocenters. The summed E-state index contributed by atoms with van der Waals surface area (Å²) in [4.78, 5) is 4.71. The zero-order chi connectivity index (χ0) is 19.8. The van der Waals surface area contributed by atoms with Crippen LogP contribution < -0.4 is 20.1 Å². The number of hydrogen-bond donors (Lipinski definition) is 2. The molecule has 0 aliphatic heterocycles. The monoisotopic (exact) mass is 513 g/mol. The molecule has 0 atom stereocenters.